The fourth-order valence-electron chi connectivity index (χ4n) is 3.27. The maximum atomic E-state index is 12.2. The number of likely N-dealkylation sites (tertiary alicyclic amines) is 1. The summed E-state index contributed by atoms with van der Waals surface area (Å²) < 4.78 is 2.13. The molecule has 23 heavy (non-hydrogen) atoms. The maximum Gasteiger partial charge on any atom is 0.233 e. The second kappa shape index (κ2) is 7.97. The Morgan fingerprint density at radius 2 is 2.04 bits per heavy atom. The van der Waals surface area contributed by atoms with Gasteiger partial charge in [0.15, 0.2) is 5.16 Å². The third kappa shape index (κ3) is 3.95. The summed E-state index contributed by atoms with van der Waals surface area (Å²) in [6.45, 7) is 8.41. The van der Waals surface area contributed by atoms with E-state index >= 15 is 0 Å². The van der Waals surface area contributed by atoms with E-state index in [1.807, 2.05) is 11.0 Å². The van der Waals surface area contributed by atoms with Crippen molar-refractivity contribution in [3.63, 3.8) is 0 Å². The zero-order valence-electron chi connectivity index (χ0n) is 13.5. The van der Waals surface area contributed by atoms with E-state index in [9.17, 15) is 4.79 Å². The SMILES string of the molecule is C=CCn1c(SCC(=O)N2CCCC2)nnc1C1CCNCC1. The Kier molecular flexibility index (Phi) is 5.72. The predicted octanol–water partition coefficient (Wildman–Crippen LogP) is 1.65. The van der Waals surface area contributed by atoms with Gasteiger partial charge < -0.3 is 14.8 Å². The quantitative estimate of drug-likeness (QED) is 0.632. The molecular weight excluding hydrogens is 310 g/mol. The van der Waals surface area contributed by atoms with Gasteiger partial charge in [-0.25, -0.2) is 0 Å². The van der Waals surface area contributed by atoms with E-state index in [1.54, 1.807) is 0 Å². The van der Waals surface area contributed by atoms with Crippen LogP contribution in [0.15, 0.2) is 17.8 Å². The summed E-state index contributed by atoms with van der Waals surface area (Å²) in [6.07, 6.45) is 6.31. The molecular formula is C16H25N5OS. The van der Waals surface area contributed by atoms with Crippen LogP contribution in [0.1, 0.15) is 37.4 Å². The molecule has 0 bridgehead atoms. The van der Waals surface area contributed by atoms with Crippen LogP contribution in [0.5, 0.6) is 0 Å². The van der Waals surface area contributed by atoms with Gasteiger partial charge in [0, 0.05) is 25.6 Å². The molecule has 2 aliphatic rings. The predicted molar refractivity (Wildman–Crippen MR) is 91.6 cm³/mol. The summed E-state index contributed by atoms with van der Waals surface area (Å²) in [5.41, 5.74) is 0. The van der Waals surface area contributed by atoms with Gasteiger partial charge in [-0.1, -0.05) is 17.8 Å². The van der Waals surface area contributed by atoms with Crippen molar-refractivity contribution in [3.05, 3.63) is 18.5 Å². The number of piperidine rings is 1. The largest absolute Gasteiger partial charge is 0.342 e. The number of thioether (sulfide) groups is 1. The second-order valence-corrected chi connectivity index (χ2v) is 7.08. The first-order chi connectivity index (χ1) is 11.3. The molecule has 2 aliphatic heterocycles. The smallest absolute Gasteiger partial charge is 0.233 e. The molecule has 0 unspecified atom stereocenters. The summed E-state index contributed by atoms with van der Waals surface area (Å²) in [7, 11) is 0. The Morgan fingerprint density at radius 3 is 2.74 bits per heavy atom. The zero-order chi connectivity index (χ0) is 16.1. The van der Waals surface area contributed by atoms with Crippen molar-refractivity contribution < 1.29 is 4.79 Å². The number of nitrogens with zero attached hydrogens (tertiary/aromatic N) is 4. The molecule has 0 aromatic carbocycles. The molecule has 0 radical (unpaired) electrons. The fraction of sp³-hybridized carbons (Fsp3) is 0.688. The van der Waals surface area contributed by atoms with Crippen molar-refractivity contribution in [3.8, 4) is 0 Å². The number of carbonyl (C=O) groups excluding carboxylic acids is 1. The molecule has 3 heterocycles. The molecule has 0 aliphatic carbocycles. The Morgan fingerprint density at radius 1 is 1.30 bits per heavy atom. The lowest BCUT2D eigenvalue weighted by Gasteiger charge is -2.22. The molecule has 6 nitrogen and oxygen atoms in total. The van der Waals surface area contributed by atoms with Gasteiger partial charge in [-0.15, -0.1) is 16.8 Å². The van der Waals surface area contributed by atoms with Crippen LogP contribution in [-0.2, 0) is 11.3 Å². The number of rotatable bonds is 6. The molecule has 1 aromatic rings. The first-order valence-corrected chi connectivity index (χ1v) is 9.43. The number of allylic oxidation sites excluding steroid dienone is 1. The highest BCUT2D eigenvalue weighted by atomic mass is 32.2. The minimum atomic E-state index is 0.212. The van der Waals surface area contributed by atoms with E-state index in [0.717, 1.165) is 62.8 Å². The summed E-state index contributed by atoms with van der Waals surface area (Å²) in [5.74, 6) is 2.15. The van der Waals surface area contributed by atoms with E-state index in [4.69, 9.17) is 0 Å². The van der Waals surface area contributed by atoms with E-state index < -0.39 is 0 Å². The second-order valence-electron chi connectivity index (χ2n) is 6.14. The van der Waals surface area contributed by atoms with Crippen molar-refractivity contribution in [2.24, 2.45) is 0 Å². The number of hydrogen-bond donors (Lipinski definition) is 1. The normalized spacial score (nSPS) is 19.2. The van der Waals surface area contributed by atoms with Crippen LogP contribution < -0.4 is 5.32 Å². The third-order valence-electron chi connectivity index (χ3n) is 4.54. The first kappa shape index (κ1) is 16.5. The van der Waals surface area contributed by atoms with Gasteiger partial charge in [0.2, 0.25) is 5.91 Å². The van der Waals surface area contributed by atoms with Crippen LogP contribution in [0.2, 0.25) is 0 Å². The molecule has 2 fully saturated rings. The van der Waals surface area contributed by atoms with Crippen LogP contribution in [-0.4, -0.2) is 57.5 Å². The Bertz CT molecular complexity index is 547. The molecule has 2 saturated heterocycles. The van der Waals surface area contributed by atoms with Gasteiger partial charge in [-0.05, 0) is 38.8 Å². The third-order valence-corrected chi connectivity index (χ3v) is 5.50. The van der Waals surface area contributed by atoms with Gasteiger partial charge in [0.25, 0.3) is 0 Å². The van der Waals surface area contributed by atoms with Crippen LogP contribution in [0.4, 0.5) is 0 Å². The van der Waals surface area contributed by atoms with Gasteiger partial charge in [0.1, 0.15) is 5.82 Å². The molecule has 0 spiro atoms. The summed E-state index contributed by atoms with van der Waals surface area (Å²) in [6, 6.07) is 0. The van der Waals surface area contributed by atoms with Gasteiger partial charge in [-0.2, -0.15) is 0 Å². The minimum Gasteiger partial charge on any atom is -0.342 e. The summed E-state index contributed by atoms with van der Waals surface area (Å²) >= 11 is 1.50. The highest BCUT2D eigenvalue weighted by molar-refractivity contribution is 7.99. The monoisotopic (exact) mass is 335 g/mol. The number of amides is 1. The highest BCUT2D eigenvalue weighted by Crippen LogP contribution is 2.27. The molecule has 0 saturated carbocycles. The number of carbonyl (C=O) groups is 1. The van der Waals surface area contributed by atoms with E-state index in [-0.39, 0.29) is 5.91 Å². The van der Waals surface area contributed by atoms with Crippen molar-refractivity contribution in [1.82, 2.24) is 25.0 Å². The molecule has 126 valence electrons. The lowest BCUT2D eigenvalue weighted by Crippen LogP contribution is -2.29. The van der Waals surface area contributed by atoms with Crippen molar-refractivity contribution in [2.45, 2.75) is 43.3 Å². The minimum absolute atomic E-state index is 0.212. The number of aromatic nitrogens is 3. The molecule has 1 N–H and O–H groups in total. The summed E-state index contributed by atoms with van der Waals surface area (Å²) in [5, 5.41) is 13.0. The maximum absolute atomic E-state index is 12.2. The standard InChI is InChI=1S/C16H25N5OS/c1-2-9-21-15(13-5-7-17-8-6-13)18-19-16(21)23-12-14(22)20-10-3-4-11-20/h2,13,17H,1,3-12H2. The Labute approximate surface area is 141 Å². The van der Waals surface area contributed by atoms with E-state index in [2.05, 4.69) is 26.7 Å². The number of nitrogens with one attached hydrogen (secondary N) is 1. The summed E-state index contributed by atoms with van der Waals surface area (Å²) in [4.78, 5) is 14.2. The molecule has 1 aromatic heterocycles. The Balaban J connectivity index is 1.67. The van der Waals surface area contributed by atoms with Crippen LogP contribution >= 0.6 is 11.8 Å². The zero-order valence-corrected chi connectivity index (χ0v) is 14.4. The van der Waals surface area contributed by atoms with Gasteiger partial charge >= 0.3 is 0 Å². The lowest BCUT2D eigenvalue weighted by atomic mass is 9.97. The van der Waals surface area contributed by atoms with Crippen molar-refractivity contribution >= 4 is 17.7 Å². The van der Waals surface area contributed by atoms with Crippen LogP contribution in [0, 0.1) is 0 Å². The fourth-order valence-corrected chi connectivity index (χ4v) is 4.13. The van der Waals surface area contributed by atoms with E-state index in [0.29, 0.717) is 18.2 Å². The molecule has 1 amide bonds. The highest BCUT2D eigenvalue weighted by Gasteiger charge is 2.24. The van der Waals surface area contributed by atoms with Crippen molar-refractivity contribution in [1.29, 1.82) is 0 Å². The molecule has 3 rings (SSSR count). The van der Waals surface area contributed by atoms with Crippen LogP contribution in [0.3, 0.4) is 0 Å². The molecule has 0 atom stereocenters. The van der Waals surface area contributed by atoms with Gasteiger partial charge in [-0.3, -0.25) is 4.79 Å². The van der Waals surface area contributed by atoms with Gasteiger partial charge in [0.05, 0.1) is 5.75 Å². The lowest BCUT2D eigenvalue weighted by molar-refractivity contribution is -0.127. The number of hydrogen-bond acceptors (Lipinski definition) is 5. The van der Waals surface area contributed by atoms with E-state index in [1.165, 1.54) is 11.8 Å². The topological polar surface area (TPSA) is 63.1 Å². The first-order valence-electron chi connectivity index (χ1n) is 8.45. The Hall–Kier alpha value is -1.34. The molecule has 7 heteroatoms. The average molecular weight is 335 g/mol. The van der Waals surface area contributed by atoms with Crippen LogP contribution in [0.25, 0.3) is 0 Å². The average Bonchev–Trinajstić information content (AvgIpc) is 3.24. The van der Waals surface area contributed by atoms with Crippen molar-refractivity contribution in [2.75, 3.05) is 31.9 Å².